The van der Waals surface area contributed by atoms with Crippen LogP contribution in [0.25, 0.3) is 75.2 Å². The first-order valence-corrected chi connectivity index (χ1v) is 20.0. The van der Waals surface area contributed by atoms with E-state index in [1.54, 1.807) is 0 Å². The van der Waals surface area contributed by atoms with E-state index < -0.39 is 0 Å². The molecule has 0 N–H and O–H groups in total. The van der Waals surface area contributed by atoms with Crippen LogP contribution in [0, 0.1) is 25.2 Å². The number of para-hydroxylation sites is 1. The second-order valence-corrected chi connectivity index (χ2v) is 16.2. The van der Waals surface area contributed by atoms with Crippen molar-refractivity contribution in [2.75, 3.05) is 4.90 Å². The number of thiophene rings is 1. The third-order valence-electron chi connectivity index (χ3n) is 11.6. The minimum atomic E-state index is 0.645. The molecule has 0 amide bonds. The summed E-state index contributed by atoms with van der Waals surface area (Å²) in [6.07, 6.45) is 0. The fourth-order valence-electron chi connectivity index (χ4n) is 9.05. The average molecular weight is 749 g/mol. The number of aromatic nitrogens is 2. The molecule has 0 fully saturated rings. The number of benzene rings is 8. The van der Waals surface area contributed by atoms with E-state index in [0.29, 0.717) is 5.56 Å². The Labute approximate surface area is 332 Å². The fourth-order valence-corrected chi connectivity index (χ4v) is 10.1. The highest BCUT2D eigenvalue weighted by molar-refractivity contribution is 7.25. The molecule has 0 saturated heterocycles. The Bertz CT molecular complexity index is 3500. The molecule has 4 heterocycles. The highest BCUT2D eigenvalue weighted by atomic mass is 32.1. The maximum Gasteiger partial charge on any atom is 0.153 e. The zero-order chi connectivity index (χ0) is 37.9. The van der Waals surface area contributed by atoms with Crippen molar-refractivity contribution in [3.05, 3.63) is 174 Å². The van der Waals surface area contributed by atoms with Gasteiger partial charge >= 0.3 is 0 Å². The van der Waals surface area contributed by atoms with Gasteiger partial charge in [-0.1, -0.05) is 59.7 Å². The number of nitrogens with zero attached hydrogens (tertiary/aromatic N) is 4. The van der Waals surface area contributed by atoms with E-state index in [2.05, 4.69) is 180 Å². The first kappa shape index (κ1) is 32.0. The Balaban J connectivity index is 1.09. The van der Waals surface area contributed by atoms with Crippen LogP contribution in [-0.2, 0) is 0 Å². The third-order valence-corrected chi connectivity index (χ3v) is 12.8. The molecular formula is C51H32N4OS. The van der Waals surface area contributed by atoms with Crippen LogP contribution in [0.4, 0.5) is 17.1 Å². The maximum absolute atomic E-state index is 9.75. The molecular weight excluding hydrogens is 717 g/mol. The summed E-state index contributed by atoms with van der Waals surface area (Å²) < 4.78 is 14.2. The minimum Gasteiger partial charge on any atom is -0.453 e. The van der Waals surface area contributed by atoms with Gasteiger partial charge < -0.3 is 18.8 Å². The van der Waals surface area contributed by atoms with Crippen molar-refractivity contribution < 1.29 is 4.74 Å². The molecule has 0 unspecified atom stereocenters. The molecule has 5 nitrogen and oxygen atoms in total. The first-order valence-electron chi connectivity index (χ1n) is 19.1. The van der Waals surface area contributed by atoms with Gasteiger partial charge in [0.1, 0.15) is 0 Å². The van der Waals surface area contributed by atoms with Crippen molar-refractivity contribution in [3.63, 3.8) is 0 Å². The lowest BCUT2D eigenvalue weighted by molar-refractivity contribution is 0.476. The van der Waals surface area contributed by atoms with Crippen molar-refractivity contribution in [3.8, 4) is 28.9 Å². The van der Waals surface area contributed by atoms with Crippen molar-refractivity contribution >= 4 is 92.2 Å². The molecule has 1 aliphatic heterocycles. The van der Waals surface area contributed by atoms with Gasteiger partial charge in [-0.15, -0.1) is 11.3 Å². The highest BCUT2D eigenvalue weighted by Gasteiger charge is 2.28. The number of aryl methyl sites for hydroxylation is 2. The van der Waals surface area contributed by atoms with Crippen molar-refractivity contribution in [1.29, 1.82) is 5.26 Å². The highest BCUT2D eigenvalue weighted by Crippen LogP contribution is 2.53. The molecule has 57 heavy (non-hydrogen) atoms. The summed E-state index contributed by atoms with van der Waals surface area (Å²) >= 11 is 1.83. The smallest absolute Gasteiger partial charge is 0.153 e. The molecule has 0 atom stereocenters. The number of ether oxygens (including phenoxy) is 1. The molecule has 6 heteroatoms. The Morgan fingerprint density at radius 2 is 1.00 bits per heavy atom. The van der Waals surface area contributed by atoms with E-state index >= 15 is 0 Å². The molecule has 268 valence electrons. The largest absolute Gasteiger partial charge is 0.453 e. The quantitative estimate of drug-likeness (QED) is 0.181. The standard InChI is InChI=1S/C51H32N4OS/c1-30-11-17-43-38(23-30)39-24-31(2)12-18-44(39)54(43)35-15-21-47-49(28-35)56-48-27-34(53-42-9-5-3-7-36(42)40-25-32(29-52)13-19-45(40)53)14-20-46(48)55(47)33-16-22-51-41(26-33)37-8-4-6-10-50(37)57-51/h3-28H,1-2H3. The lowest BCUT2D eigenvalue weighted by atomic mass is 10.1. The molecule has 0 bridgehead atoms. The molecule has 8 aromatic carbocycles. The van der Waals surface area contributed by atoms with Gasteiger partial charge in [0.25, 0.3) is 0 Å². The van der Waals surface area contributed by atoms with Crippen molar-refractivity contribution in [2.24, 2.45) is 0 Å². The number of rotatable bonds is 3. The zero-order valence-corrected chi connectivity index (χ0v) is 31.9. The molecule has 0 saturated carbocycles. The van der Waals surface area contributed by atoms with Gasteiger partial charge in [-0.3, -0.25) is 0 Å². The summed E-state index contributed by atoms with van der Waals surface area (Å²) in [5.74, 6) is 1.54. The third kappa shape index (κ3) is 4.67. The van der Waals surface area contributed by atoms with Crippen LogP contribution < -0.4 is 9.64 Å². The van der Waals surface area contributed by atoms with Crippen LogP contribution in [0.5, 0.6) is 11.5 Å². The van der Waals surface area contributed by atoms with Crippen LogP contribution in [-0.4, -0.2) is 9.13 Å². The Kier molecular flexibility index (Phi) is 6.64. The van der Waals surface area contributed by atoms with Crippen molar-refractivity contribution in [2.45, 2.75) is 13.8 Å². The Morgan fingerprint density at radius 3 is 1.67 bits per heavy atom. The minimum absolute atomic E-state index is 0.645. The van der Waals surface area contributed by atoms with E-state index in [1.165, 1.54) is 42.1 Å². The van der Waals surface area contributed by atoms with E-state index in [0.717, 1.165) is 72.8 Å². The summed E-state index contributed by atoms with van der Waals surface area (Å²) in [5.41, 5.74) is 12.6. The normalized spacial score (nSPS) is 12.5. The number of nitriles is 1. The predicted molar refractivity (Wildman–Crippen MR) is 237 cm³/mol. The summed E-state index contributed by atoms with van der Waals surface area (Å²) in [6.45, 7) is 4.31. The summed E-state index contributed by atoms with van der Waals surface area (Å²) in [5, 5.41) is 16.9. The van der Waals surface area contributed by atoms with Crippen LogP contribution in [0.2, 0.25) is 0 Å². The number of hydrogen-bond acceptors (Lipinski definition) is 4. The fraction of sp³-hybridized carbons (Fsp3) is 0.0392. The van der Waals surface area contributed by atoms with Crippen molar-refractivity contribution in [1.82, 2.24) is 9.13 Å². The van der Waals surface area contributed by atoms with E-state index in [1.807, 2.05) is 23.5 Å². The second kappa shape index (κ2) is 11.8. The Hall–Kier alpha value is -7.33. The van der Waals surface area contributed by atoms with Gasteiger partial charge in [-0.2, -0.15) is 5.26 Å². The summed E-state index contributed by atoms with van der Waals surface area (Å²) in [4.78, 5) is 2.34. The summed E-state index contributed by atoms with van der Waals surface area (Å²) in [7, 11) is 0. The zero-order valence-electron chi connectivity index (χ0n) is 31.1. The van der Waals surface area contributed by atoms with Gasteiger partial charge in [0.05, 0.1) is 56.4 Å². The van der Waals surface area contributed by atoms with E-state index in [-0.39, 0.29) is 0 Å². The topological polar surface area (TPSA) is 46.1 Å². The molecule has 0 radical (unpaired) electrons. The first-order chi connectivity index (χ1) is 28.0. The summed E-state index contributed by atoms with van der Waals surface area (Å²) in [6, 6.07) is 58.7. The number of anilines is 3. The van der Waals surface area contributed by atoms with Gasteiger partial charge in [0.2, 0.25) is 0 Å². The van der Waals surface area contributed by atoms with Crippen LogP contribution in [0.1, 0.15) is 16.7 Å². The van der Waals surface area contributed by atoms with E-state index in [9.17, 15) is 5.26 Å². The predicted octanol–water partition coefficient (Wildman–Crippen LogP) is 14.3. The SMILES string of the molecule is Cc1ccc2c(c1)c1cc(C)ccc1n2-c1ccc2c(c1)Oc1cc(-n3c4ccccc4c4cc(C#N)ccc43)ccc1N2c1ccc2sc3ccccc3c2c1. The number of hydrogen-bond donors (Lipinski definition) is 0. The molecule has 12 rings (SSSR count). The van der Waals surface area contributed by atoms with Gasteiger partial charge in [-0.25, -0.2) is 0 Å². The molecule has 1 aliphatic rings. The molecule has 11 aromatic rings. The monoisotopic (exact) mass is 748 g/mol. The lowest BCUT2D eigenvalue weighted by Crippen LogP contribution is -2.16. The van der Waals surface area contributed by atoms with Crippen LogP contribution in [0.3, 0.4) is 0 Å². The Morgan fingerprint density at radius 1 is 0.456 bits per heavy atom. The molecule has 0 spiro atoms. The van der Waals surface area contributed by atoms with E-state index in [4.69, 9.17) is 4.74 Å². The van der Waals surface area contributed by atoms with Crippen LogP contribution >= 0.6 is 11.3 Å². The van der Waals surface area contributed by atoms with Gasteiger partial charge in [0, 0.05) is 59.5 Å². The van der Waals surface area contributed by atoms with Gasteiger partial charge in [0.15, 0.2) is 11.5 Å². The van der Waals surface area contributed by atoms with Gasteiger partial charge in [-0.05, 0) is 111 Å². The molecule has 0 aliphatic carbocycles. The second-order valence-electron chi connectivity index (χ2n) is 15.1. The maximum atomic E-state index is 9.75. The lowest BCUT2D eigenvalue weighted by Gasteiger charge is -2.33. The average Bonchev–Trinajstić information content (AvgIpc) is 3.89. The number of fused-ring (bicyclic) bond motifs is 11. The molecule has 3 aromatic heterocycles. The van der Waals surface area contributed by atoms with Crippen LogP contribution in [0.15, 0.2) is 158 Å².